The van der Waals surface area contributed by atoms with Gasteiger partial charge in [0, 0.05) is 17.5 Å². The maximum atomic E-state index is 13.2. The maximum absolute atomic E-state index is 13.2. The molecular weight excluding hydrogens is 366 g/mol. The van der Waals surface area contributed by atoms with Gasteiger partial charge in [0.15, 0.2) is 0 Å². The Morgan fingerprint density at radius 1 is 1.19 bits per heavy atom. The molecule has 1 saturated carbocycles. The first-order chi connectivity index (χ1) is 12.8. The Balaban J connectivity index is 1.91. The number of aliphatic carboxylic acids is 1. The molecular formula is C20H19NO5S. The van der Waals surface area contributed by atoms with Crippen LogP contribution in [0.2, 0.25) is 0 Å². The Hall–Kier alpha value is -2.80. The van der Waals surface area contributed by atoms with Crippen LogP contribution in [0.3, 0.4) is 0 Å². The zero-order chi connectivity index (χ0) is 19.3. The van der Waals surface area contributed by atoms with Crippen molar-refractivity contribution in [3.8, 4) is 5.75 Å². The van der Waals surface area contributed by atoms with Crippen molar-refractivity contribution in [2.45, 2.75) is 24.2 Å². The zero-order valence-corrected chi connectivity index (χ0v) is 15.7. The normalized spacial score (nSPS) is 19.2. The number of nitrogens with zero attached hydrogens (tertiary/aromatic N) is 1. The molecule has 0 amide bonds. The minimum atomic E-state index is -3.80. The number of carboxylic acid groups (broad SMARTS) is 1. The number of carboxylic acids is 1. The van der Waals surface area contributed by atoms with E-state index in [-0.39, 0.29) is 10.8 Å². The van der Waals surface area contributed by atoms with Crippen molar-refractivity contribution >= 4 is 26.9 Å². The van der Waals surface area contributed by atoms with Gasteiger partial charge >= 0.3 is 5.97 Å². The molecule has 0 radical (unpaired) electrons. The van der Waals surface area contributed by atoms with Gasteiger partial charge in [-0.15, -0.1) is 0 Å². The van der Waals surface area contributed by atoms with E-state index in [0.717, 1.165) is 11.1 Å². The van der Waals surface area contributed by atoms with Gasteiger partial charge in [0.2, 0.25) is 0 Å². The lowest BCUT2D eigenvalue weighted by molar-refractivity contribution is -0.138. The van der Waals surface area contributed by atoms with E-state index in [2.05, 4.69) is 0 Å². The summed E-state index contributed by atoms with van der Waals surface area (Å²) in [5.41, 5.74) is 2.22. The second-order valence-electron chi connectivity index (χ2n) is 6.87. The number of fused-ring (bicyclic) bond motifs is 1. The van der Waals surface area contributed by atoms with Gasteiger partial charge in [0.05, 0.1) is 23.4 Å². The molecule has 7 heteroatoms. The number of ether oxygens (including phenoxy) is 1. The van der Waals surface area contributed by atoms with Gasteiger partial charge in [0.1, 0.15) is 5.75 Å². The molecule has 1 heterocycles. The lowest BCUT2D eigenvalue weighted by atomic mass is 10.1. The topological polar surface area (TPSA) is 85.6 Å². The summed E-state index contributed by atoms with van der Waals surface area (Å²) in [6, 6.07) is 11.8. The van der Waals surface area contributed by atoms with Crippen LogP contribution in [0.15, 0.2) is 53.6 Å². The minimum Gasteiger partial charge on any atom is -0.497 e. The molecule has 6 nitrogen and oxygen atoms in total. The third-order valence-electron chi connectivity index (χ3n) is 5.09. The lowest BCUT2D eigenvalue weighted by Gasteiger charge is -2.08. The monoisotopic (exact) mass is 385 g/mol. The zero-order valence-electron chi connectivity index (χ0n) is 14.9. The molecule has 1 aromatic heterocycles. The number of rotatable bonds is 5. The van der Waals surface area contributed by atoms with Crippen molar-refractivity contribution in [1.82, 2.24) is 3.97 Å². The van der Waals surface area contributed by atoms with Crippen molar-refractivity contribution in [3.63, 3.8) is 0 Å². The molecule has 0 unspecified atom stereocenters. The molecule has 2 aromatic carbocycles. The third-order valence-corrected chi connectivity index (χ3v) is 6.78. The van der Waals surface area contributed by atoms with Crippen LogP contribution in [0.4, 0.5) is 0 Å². The Bertz CT molecular complexity index is 1150. The number of methoxy groups -OCH3 is 1. The van der Waals surface area contributed by atoms with E-state index in [4.69, 9.17) is 4.74 Å². The molecule has 140 valence electrons. The SMILES string of the molecule is COc1ccc2c(c1)c([C@H]1C[C@@H]1C(=O)O)cn2S(=O)(=O)c1ccc(C)cc1. The average Bonchev–Trinajstić information content (AvgIpc) is 3.35. The van der Waals surface area contributed by atoms with Crippen LogP contribution in [0, 0.1) is 12.8 Å². The predicted octanol–water partition coefficient (Wildman–Crippen LogP) is 3.38. The van der Waals surface area contributed by atoms with E-state index in [1.165, 1.54) is 11.1 Å². The van der Waals surface area contributed by atoms with Crippen LogP contribution >= 0.6 is 0 Å². The van der Waals surface area contributed by atoms with Gasteiger partial charge in [-0.2, -0.15) is 0 Å². The molecule has 0 bridgehead atoms. The van der Waals surface area contributed by atoms with E-state index < -0.39 is 21.9 Å². The second kappa shape index (κ2) is 6.13. The minimum absolute atomic E-state index is 0.188. The smallest absolute Gasteiger partial charge is 0.307 e. The molecule has 0 spiro atoms. The summed E-state index contributed by atoms with van der Waals surface area (Å²) in [5, 5.41) is 9.99. The summed E-state index contributed by atoms with van der Waals surface area (Å²) in [6.07, 6.45) is 2.07. The molecule has 1 N–H and O–H groups in total. The predicted molar refractivity (Wildman–Crippen MR) is 101 cm³/mol. The van der Waals surface area contributed by atoms with Gasteiger partial charge in [-0.3, -0.25) is 4.79 Å². The summed E-state index contributed by atoms with van der Waals surface area (Å²) >= 11 is 0. The summed E-state index contributed by atoms with van der Waals surface area (Å²) < 4.78 is 32.9. The fourth-order valence-electron chi connectivity index (χ4n) is 3.46. The number of aryl methyl sites for hydroxylation is 1. The first-order valence-corrected chi connectivity index (χ1v) is 10.0. The molecule has 4 rings (SSSR count). The molecule has 1 fully saturated rings. The molecule has 0 aliphatic heterocycles. The Labute approximate surface area is 157 Å². The molecule has 2 atom stereocenters. The van der Waals surface area contributed by atoms with Gasteiger partial charge in [-0.1, -0.05) is 17.7 Å². The molecule has 3 aromatic rings. The summed E-state index contributed by atoms with van der Waals surface area (Å²) in [5.74, 6) is -0.921. The van der Waals surface area contributed by atoms with E-state index in [0.29, 0.717) is 23.1 Å². The van der Waals surface area contributed by atoms with E-state index in [1.54, 1.807) is 48.7 Å². The van der Waals surface area contributed by atoms with Crippen LogP contribution in [0.1, 0.15) is 23.5 Å². The Morgan fingerprint density at radius 2 is 1.89 bits per heavy atom. The van der Waals surface area contributed by atoms with Crippen LogP contribution in [0.5, 0.6) is 5.75 Å². The van der Waals surface area contributed by atoms with Crippen LogP contribution in [-0.2, 0) is 14.8 Å². The maximum Gasteiger partial charge on any atom is 0.307 e. The summed E-state index contributed by atoms with van der Waals surface area (Å²) in [4.78, 5) is 11.5. The van der Waals surface area contributed by atoms with Crippen molar-refractivity contribution in [3.05, 3.63) is 59.8 Å². The average molecular weight is 385 g/mol. The van der Waals surface area contributed by atoms with E-state index in [1.807, 2.05) is 6.92 Å². The van der Waals surface area contributed by atoms with E-state index in [9.17, 15) is 18.3 Å². The van der Waals surface area contributed by atoms with E-state index >= 15 is 0 Å². The quantitative estimate of drug-likeness (QED) is 0.728. The Morgan fingerprint density at radius 3 is 2.48 bits per heavy atom. The first-order valence-electron chi connectivity index (χ1n) is 8.57. The number of benzene rings is 2. The highest BCUT2D eigenvalue weighted by molar-refractivity contribution is 7.90. The first kappa shape index (κ1) is 17.6. The molecule has 1 aliphatic carbocycles. The second-order valence-corrected chi connectivity index (χ2v) is 8.68. The molecule has 1 aliphatic rings. The number of aromatic nitrogens is 1. The fraction of sp³-hybridized carbons (Fsp3) is 0.250. The summed E-state index contributed by atoms with van der Waals surface area (Å²) in [6.45, 7) is 1.89. The standard InChI is InChI=1S/C20H19NO5S/c1-12-3-6-14(7-4-12)27(24,25)21-11-18(15-10-17(15)20(22)23)16-9-13(26-2)5-8-19(16)21/h3-9,11,15,17H,10H2,1-2H3,(H,22,23)/t15-,17-/m0/s1. The van der Waals surface area contributed by atoms with Crippen molar-refractivity contribution in [2.75, 3.05) is 7.11 Å². The van der Waals surface area contributed by atoms with Crippen molar-refractivity contribution < 1.29 is 23.1 Å². The van der Waals surface area contributed by atoms with Crippen LogP contribution in [-0.4, -0.2) is 30.6 Å². The van der Waals surface area contributed by atoms with Gasteiger partial charge in [-0.25, -0.2) is 12.4 Å². The molecule has 27 heavy (non-hydrogen) atoms. The highest BCUT2D eigenvalue weighted by Crippen LogP contribution is 2.50. The number of hydrogen-bond donors (Lipinski definition) is 1. The number of hydrogen-bond acceptors (Lipinski definition) is 4. The highest BCUT2D eigenvalue weighted by Gasteiger charge is 2.46. The van der Waals surface area contributed by atoms with Gasteiger partial charge in [0.25, 0.3) is 10.0 Å². The molecule has 0 saturated heterocycles. The van der Waals surface area contributed by atoms with Crippen LogP contribution < -0.4 is 4.74 Å². The third kappa shape index (κ3) is 2.88. The van der Waals surface area contributed by atoms with Gasteiger partial charge in [-0.05, 0) is 49.2 Å². The fourth-order valence-corrected chi connectivity index (χ4v) is 4.84. The highest BCUT2D eigenvalue weighted by atomic mass is 32.2. The summed E-state index contributed by atoms with van der Waals surface area (Å²) in [7, 11) is -2.26. The lowest BCUT2D eigenvalue weighted by Crippen LogP contribution is -2.11. The Kier molecular flexibility index (Phi) is 3.99. The largest absolute Gasteiger partial charge is 0.497 e. The van der Waals surface area contributed by atoms with Crippen LogP contribution in [0.25, 0.3) is 10.9 Å². The van der Waals surface area contributed by atoms with Crippen molar-refractivity contribution in [2.24, 2.45) is 5.92 Å². The van der Waals surface area contributed by atoms with Gasteiger partial charge < -0.3 is 9.84 Å². The van der Waals surface area contributed by atoms with Crippen molar-refractivity contribution in [1.29, 1.82) is 0 Å². The number of carbonyl (C=O) groups is 1.